The summed E-state index contributed by atoms with van der Waals surface area (Å²) in [5.41, 5.74) is -0.554. The highest BCUT2D eigenvalue weighted by Crippen LogP contribution is 2.34. The summed E-state index contributed by atoms with van der Waals surface area (Å²) in [5, 5.41) is 1.24. The number of amides is 1. The first-order chi connectivity index (χ1) is 13.6. The third-order valence-electron chi connectivity index (χ3n) is 3.77. The number of fused-ring (bicyclic) bond motifs is 1. The number of halogens is 6. The van der Waals surface area contributed by atoms with Crippen molar-refractivity contribution in [1.82, 2.24) is 9.97 Å². The Bertz CT molecular complexity index is 1090. The van der Waals surface area contributed by atoms with Crippen LogP contribution in [0.3, 0.4) is 0 Å². The first-order valence-corrected chi connectivity index (χ1v) is 8.91. The number of carbonyl (C=O) groups is 1. The van der Waals surface area contributed by atoms with Crippen LogP contribution in [0.25, 0.3) is 10.9 Å². The molecule has 11 heteroatoms. The molecule has 0 aliphatic rings. The van der Waals surface area contributed by atoms with Gasteiger partial charge in [-0.25, -0.2) is 23.1 Å². The van der Waals surface area contributed by atoms with Gasteiger partial charge in [-0.1, -0.05) is 30.0 Å². The number of carbonyl (C=O) groups excluding carboxylic acids is 1. The molecule has 0 bridgehead atoms. The van der Waals surface area contributed by atoms with Gasteiger partial charge in [0.05, 0.1) is 16.5 Å². The van der Waals surface area contributed by atoms with E-state index in [0.717, 1.165) is 6.07 Å². The average Bonchev–Trinajstić information content (AvgIpc) is 2.67. The van der Waals surface area contributed by atoms with Crippen molar-refractivity contribution >= 4 is 34.3 Å². The molecule has 0 spiro atoms. The van der Waals surface area contributed by atoms with Gasteiger partial charge in [-0.3, -0.25) is 4.79 Å². The predicted octanol–water partition coefficient (Wildman–Crippen LogP) is 5.19. The Labute approximate surface area is 164 Å². The second kappa shape index (κ2) is 7.90. The highest BCUT2D eigenvalue weighted by molar-refractivity contribution is 8.00. The maximum atomic E-state index is 13.7. The van der Waals surface area contributed by atoms with Crippen molar-refractivity contribution in [3.63, 3.8) is 0 Å². The topological polar surface area (TPSA) is 54.9 Å². The molecule has 3 aromatic rings. The molecule has 0 aliphatic carbocycles. The van der Waals surface area contributed by atoms with Gasteiger partial charge in [0.2, 0.25) is 11.7 Å². The molecule has 1 atom stereocenters. The minimum Gasteiger partial charge on any atom is -0.323 e. The van der Waals surface area contributed by atoms with E-state index >= 15 is 0 Å². The van der Waals surface area contributed by atoms with E-state index < -0.39 is 46.3 Å². The quantitative estimate of drug-likeness (QED) is 0.268. The molecule has 4 nitrogen and oxygen atoms in total. The van der Waals surface area contributed by atoms with Crippen LogP contribution in [-0.2, 0) is 11.0 Å². The predicted molar refractivity (Wildman–Crippen MR) is 94.8 cm³/mol. The smallest absolute Gasteiger partial charge is 0.323 e. The van der Waals surface area contributed by atoms with Crippen LogP contribution in [0.5, 0.6) is 0 Å². The van der Waals surface area contributed by atoms with E-state index in [1.807, 2.05) is 0 Å². The number of hydrogen-bond acceptors (Lipinski definition) is 4. The minimum absolute atomic E-state index is 0.0385. The van der Waals surface area contributed by atoms with Gasteiger partial charge in [-0.05, 0) is 25.1 Å². The number of anilines is 1. The third kappa shape index (κ3) is 4.44. The Hall–Kier alpha value is -2.82. The van der Waals surface area contributed by atoms with Crippen LogP contribution in [0, 0.1) is 17.5 Å². The number of aromatic nitrogens is 2. The van der Waals surface area contributed by atoms with E-state index in [-0.39, 0.29) is 10.5 Å². The van der Waals surface area contributed by atoms with Gasteiger partial charge < -0.3 is 5.32 Å². The van der Waals surface area contributed by atoms with E-state index in [0.29, 0.717) is 23.2 Å². The zero-order valence-corrected chi connectivity index (χ0v) is 15.3. The number of nitrogens with zero attached hydrogens (tertiary/aromatic N) is 2. The van der Waals surface area contributed by atoms with Crippen molar-refractivity contribution in [2.45, 2.75) is 23.4 Å². The number of thioether (sulfide) groups is 1. The lowest BCUT2D eigenvalue weighted by Crippen LogP contribution is -2.23. The summed E-state index contributed by atoms with van der Waals surface area (Å²) in [6, 6.07) is 7.43. The molecule has 0 saturated heterocycles. The number of alkyl halides is 3. The van der Waals surface area contributed by atoms with E-state index in [2.05, 4.69) is 15.3 Å². The standard InChI is InChI=1S/C18H11F6N3OS/c1-8(15(28)25-12-7-6-10(19)13(20)14(12)21)29-16-9-4-2-3-5-11(9)26-17(27-16)18(22,23)24/h2-8H,1H3,(H,25,28). The molecule has 2 aromatic carbocycles. The third-order valence-corrected chi connectivity index (χ3v) is 4.87. The van der Waals surface area contributed by atoms with Gasteiger partial charge in [-0.2, -0.15) is 13.2 Å². The van der Waals surface area contributed by atoms with E-state index in [9.17, 15) is 31.1 Å². The number of hydrogen-bond donors (Lipinski definition) is 1. The van der Waals surface area contributed by atoms with Gasteiger partial charge in [0, 0.05) is 5.39 Å². The second-order valence-electron chi connectivity index (χ2n) is 5.84. The molecule has 0 fully saturated rings. The Kier molecular flexibility index (Phi) is 5.69. The Balaban J connectivity index is 1.88. The van der Waals surface area contributed by atoms with E-state index in [1.165, 1.54) is 25.1 Å². The van der Waals surface area contributed by atoms with Crippen LogP contribution in [0.2, 0.25) is 0 Å². The minimum atomic E-state index is -4.79. The molecule has 29 heavy (non-hydrogen) atoms. The Morgan fingerprint density at radius 3 is 2.41 bits per heavy atom. The largest absolute Gasteiger partial charge is 0.451 e. The number of benzene rings is 2. The fourth-order valence-electron chi connectivity index (χ4n) is 2.34. The van der Waals surface area contributed by atoms with E-state index in [1.54, 1.807) is 6.07 Å². The van der Waals surface area contributed by atoms with E-state index in [4.69, 9.17) is 0 Å². The summed E-state index contributed by atoms with van der Waals surface area (Å²) in [7, 11) is 0. The number of para-hydroxylation sites is 1. The molecule has 1 unspecified atom stereocenters. The van der Waals surface area contributed by atoms with Gasteiger partial charge in [0.1, 0.15) is 5.03 Å². The summed E-state index contributed by atoms with van der Waals surface area (Å²) < 4.78 is 79.2. The fourth-order valence-corrected chi connectivity index (χ4v) is 3.28. The first kappa shape index (κ1) is 20.9. The van der Waals surface area contributed by atoms with Crippen LogP contribution in [-0.4, -0.2) is 21.1 Å². The molecule has 1 heterocycles. The molecule has 0 aliphatic heterocycles. The molecular weight excluding hydrogens is 420 g/mol. The Morgan fingerprint density at radius 2 is 1.72 bits per heavy atom. The van der Waals surface area contributed by atoms with Crippen LogP contribution in [0.1, 0.15) is 12.7 Å². The van der Waals surface area contributed by atoms with Crippen LogP contribution in [0.15, 0.2) is 41.4 Å². The normalized spacial score (nSPS) is 12.8. The van der Waals surface area contributed by atoms with Crippen molar-refractivity contribution in [2.75, 3.05) is 5.32 Å². The highest BCUT2D eigenvalue weighted by Gasteiger charge is 2.36. The summed E-state index contributed by atoms with van der Waals surface area (Å²) >= 11 is 0.690. The Morgan fingerprint density at radius 1 is 1.03 bits per heavy atom. The highest BCUT2D eigenvalue weighted by atomic mass is 32.2. The molecular formula is C18H11F6N3OS. The zero-order chi connectivity index (χ0) is 21.3. The van der Waals surface area contributed by atoms with Crippen molar-refractivity contribution in [3.8, 4) is 0 Å². The average molecular weight is 431 g/mol. The molecule has 3 rings (SSSR count). The zero-order valence-electron chi connectivity index (χ0n) is 14.5. The van der Waals surface area contributed by atoms with Gasteiger partial charge in [0.15, 0.2) is 17.5 Å². The summed E-state index contributed by atoms with van der Waals surface area (Å²) in [4.78, 5) is 19.3. The second-order valence-corrected chi connectivity index (χ2v) is 7.17. The molecule has 1 aromatic heterocycles. The lowest BCUT2D eigenvalue weighted by molar-refractivity contribution is -0.145. The molecule has 0 saturated carbocycles. The van der Waals surface area contributed by atoms with Crippen LogP contribution < -0.4 is 5.32 Å². The lowest BCUT2D eigenvalue weighted by atomic mass is 10.2. The number of rotatable bonds is 4. The molecule has 152 valence electrons. The van der Waals surface area contributed by atoms with Gasteiger partial charge in [0.25, 0.3) is 0 Å². The van der Waals surface area contributed by atoms with Gasteiger partial charge in [-0.15, -0.1) is 0 Å². The summed E-state index contributed by atoms with van der Waals surface area (Å²) in [6.07, 6.45) is -4.79. The summed E-state index contributed by atoms with van der Waals surface area (Å²) in [5.74, 6) is -6.95. The SMILES string of the molecule is CC(Sc1nc(C(F)(F)F)nc2ccccc12)C(=O)Nc1ccc(F)c(F)c1F. The van der Waals surface area contributed by atoms with Crippen LogP contribution >= 0.6 is 11.8 Å². The maximum Gasteiger partial charge on any atom is 0.451 e. The number of nitrogens with one attached hydrogen (secondary N) is 1. The van der Waals surface area contributed by atoms with Crippen LogP contribution in [0.4, 0.5) is 32.0 Å². The first-order valence-electron chi connectivity index (χ1n) is 8.03. The lowest BCUT2D eigenvalue weighted by Gasteiger charge is -2.15. The van der Waals surface area contributed by atoms with Crippen molar-refractivity contribution < 1.29 is 31.1 Å². The van der Waals surface area contributed by atoms with Crippen molar-refractivity contribution in [3.05, 3.63) is 59.7 Å². The monoisotopic (exact) mass is 431 g/mol. The molecule has 0 radical (unpaired) electrons. The maximum absolute atomic E-state index is 13.7. The van der Waals surface area contributed by atoms with Crippen molar-refractivity contribution in [2.24, 2.45) is 0 Å². The van der Waals surface area contributed by atoms with Crippen molar-refractivity contribution in [1.29, 1.82) is 0 Å². The summed E-state index contributed by atoms with van der Waals surface area (Å²) in [6.45, 7) is 1.35. The molecule has 1 N–H and O–H groups in total. The molecule has 1 amide bonds. The fraction of sp³-hybridized carbons (Fsp3) is 0.167. The van der Waals surface area contributed by atoms with Gasteiger partial charge >= 0.3 is 6.18 Å².